The van der Waals surface area contributed by atoms with Crippen LogP contribution in [0.5, 0.6) is 0 Å². The Balaban J connectivity index is 1.01. The molecule has 8 nitrogen and oxygen atoms in total. The molecule has 3 aliphatic heterocycles. The molecule has 1 amide bonds. The molecule has 2 aromatic carbocycles. The van der Waals surface area contributed by atoms with Crippen molar-refractivity contribution in [2.24, 2.45) is 16.7 Å². The molecule has 3 heterocycles. The number of Topliss-reactive ketones (excluding diaryl/α,β-unsaturated/α-hetero) is 1. The highest BCUT2D eigenvalue weighted by Gasteiger charge is 2.80. The van der Waals surface area contributed by atoms with Crippen LogP contribution in [0, 0.1) is 22.6 Å². The van der Waals surface area contributed by atoms with Crippen molar-refractivity contribution in [1.29, 1.82) is 0 Å². The van der Waals surface area contributed by atoms with Crippen LogP contribution in [0.15, 0.2) is 48.5 Å². The summed E-state index contributed by atoms with van der Waals surface area (Å²) >= 11 is 0. The van der Waals surface area contributed by atoms with E-state index in [0.717, 1.165) is 32.4 Å². The number of anilines is 3. The largest absolute Gasteiger partial charge is 0.443 e. The Morgan fingerprint density at radius 2 is 1.77 bits per heavy atom. The van der Waals surface area contributed by atoms with Crippen molar-refractivity contribution in [3.05, 3.63) is 54.3 Å². The standard InChI is InChI=1S/C30H35FN4O4/c1-28(2)20-10-11-29(28,30(18-20)32-39-30)26(36)17-23-19-35(27(37)38-23)22-8-9-25(24(31)16-22)34-14-12-33(13-15-34)21-6-4-3-5-7-21/h3-9,16,20,23,32H,10-15,17-19H2,1-2H3/t20-,23-,29-,30-/m1/s1. The van der Waals surface area contributed by atoms with E-state index < -0.39 is 23.3 Å². The normalized spacial score (nSPS) is 32.7. The Hall–Kier alpha value is -3.17. The summed E-state index contributed by atoms with van der Waals surface area (Å²) in [5.41, 5.74) is 3.85. The molecule has 4 atom stereocenters. The Labute approximate surface area is 228 Å². The number of hydroxylamine groups is 1. The Morgan fingerprint density at radius 3 is 2.44 bits per heavy atom. The lowest BCUT2D eigenvalue weighted by Gasteiger charge is -2.39. The van der Waals surface area contributed by atoms with Gasteiger partial charge in [0, 0.05) is 38.3 Å². The summed E-state index contributed by atoms with van der Waals surface area (Å²) in [6.45, 7) is 7.58. The van der Waals surface area contributed by atoms with Gasteiger partial charge in [-0.25, -0.2) is 9.18 Å². The van der Waals surface area contributed by atoms with Gasteiger partial charge >= 0.3 is 6.09 Å². The van der Waals surface area contributed by atoms with Gasteiger partial charge in [-0.3, -0.25) is 14.5 Å². The molecule has 2 bridgehead atoms. The van der Waals surface area contributed by atoms with Crippen LogP contribution < -0.4 is 20.2 Å². The maximum absolute atomic E-state index is 15.3. The minimum absolute atomic E-state index is 0.0910. The first-order chi connectivity index (χ1) is 18.7. The topological polar surface area (TPSA) is 87.6 Å². The third-order valence-corrected chi connectivity index (χ3v) is 10.3. The van der Waals surface area contributed by atoms with E-state index in [-0.39, 0.29) is 30.0 Å². The molecule has 2 saturated carbocycles. The third kappa shape index (κ3) is 3.62. The average Bonchev–Trinajstić information content (AvgIpc) is 3.47. The van der Waals surface area contributed by atoms with Crippen LogP contribution in [0.2, 0.25) is 0 Å². The second-order valence-corrected chi connectivity index (χ2v) is 12.3. The number of halogens is 1. The van der Waals surface area contributed by atoms with E-state index in [0.29, 0.717) is 30.4 Å². The number of fused-ring (bicyclic) bond motifs is 3. The van der Waals surface area contributed by atoms with Gasteiger partial charge in [0.05, 0.1) is 23.3 Å². The van der Waals surface area contributed by atoms with Crippen LogP contribution in [-0.4, -0.2) is 56.4 Å². The van der Waals surface area contributed by atoms with Crippen LogP contribution in [0.4, 0.5) is 26.2 Å². The predicted molar refractivity (Wildman–Crippen MR) is 145 cm³/mol. The van der Waals surface area contributed by atoms with E-state index in [1.165, 1.54) is 16.7 Å². The van der Waals surface area contributed by atoms with E-state index in [9.17, 15) is 9.59 Å². The highest BCUT2D eigenvalue weighted by atomic mass is 19.1. The molecule has 1 spiro atoms. The fourth-order valence-electron chi connectivity index (χ4n) is 8.05. The van der Waals surface area contributed by atoms with E-state index in [1.54, 1.807) is 12.1 Å². The number of cyclic esters (lactones) is 1. The van der Waals surface area contributed by atoms with Crippen molar-refractivity contribution in [1.82, 2.24) is 5.48 Å². The summed E-state index contributed by atoms with van der Waals surface area (Å²) in [5, 5.41) is 0. The quantitative estimate of drug-likeness (QED) is 0.547. The summed E-state index contributed by atoms with van der Waals surface area (Å²) in [7, 11) is 0. The molecule has 0 unspecified atom stereocenters. The molecule has 0 aromatic heterocycles. The lowest BCUT2D eigenvalue weighted by molar-refractivity contribution is -0.139. The van der Waals surface area contributed by atoms with Crippen LogP contribution >= 0.6 is 0 Å². The number of carbonyl (C=O) groups excluding carboxylic acids is 2. The van der Waals surface area contributed by atoms with E-state index in [1.807, 2.05) is 23.1 Å². The van der Waals surface area contributed by atoms with Crippen molar-refractivity contribution in [3.63, 3.8) is 0 Å². The first kappa shape index (κ1) is 24.8. The molecule has 1 N–H and O–H groups in total. The third-order valence-electron chi connectivity index (χ3n) is 10.3. The number of para-hydroxylation sites is 1. The summed E-state index contributed by atoms with van der Waals surface area (Å²) in [4.78, 5) is 38.1. The minimum Gasteiger partial charge on any atom is -0.443 e. The molecule has 206 valence electrons. The van der Waals surface area contributed by atoms with Gasteiger partial charge in [-0.1, -0.05) is 32.0 Å². The summed E-state index contributed by atoms with van der Waals surface area (Å²) < 4.78 is 20.9. The Morgan fingerprint density at radius 1 is 1.05 bits per heavy atom. The van der Waals surface area contributed by atoms with Crippen molar-refractivity contribution >= 4 is 28.9 Å². The number of carbonyl (C=O) groups is 2. The average molecular weight is 535 g/mol. The maximum Gasteiger partial charge on any atom is 0.414 e. The first-order valence-electron chi connectivity index (χ1n) is 14.1. The molecule has 3 saturated heterocycles. The second-order valence-electron chi connectivity index (χ2n) is 12.3. The van der Waals surface area contributed by atoms with Gasteiger partial charge < -0.3 is 14.5 Å². The van der Waals surface area contributed by atoms with Crippen LogP contribution in [-0.2, 0) is 14.4 Å². The lowest BCUT2D eigenvalue weighted by atomic mass is 9.63. The summed E-state index contributed by atoms with van der Waals surface area (Å²) in [6.07, 6.45) is 1.66. The van der Waals surface area contributed by atoms with Gasteiger partial charge in [0.1, 0.15) is 17.7 Å². The molecule has 9 heteroatoms. The molecule has 2 aliphatic carbocycles. The highest BCUT2D eigenvalue weighted by Crippen LogP contribution is 2.73. The van der Waals surface area contributed by atoms with Crippen LogP contribution in [0.3, 0.4) is 0 Å². The first-order valence-corrected chi connectivity index (χ1v) is 14.1. The molecule has 7 rings (SSSR count). The summed E-state index contributed by atoms with van der Waals surface area (Å²) in [5.74, 6) is 0.158. The van der Waals surface area contributed by atoms with Crippen molar-refractivity contribution in [2.75, 3.05) is 47.4 Å². The van der Waals surface area contributed by atoms with Crippen molar-refractivity contribution in [3.8, 4) is 0 Å². The van der Waals surface area contributed by atoms with Gasteiger partial charge in [0.2, 0.25) is 0 Å². The summed E-state index contributed by atoms with van der Waals surface area (Å²) in [6, 6.07) is 15.2. The zero-order valence-corrected chi connectivity index (χ0v) is 22.5. The van der Waals surface area contributed by atoms with Crippen molar-refractivity contribution in [2.45, 2.75) is 51.4 Å². The lowest BCUT2D eigenvalue weighted by Crippen LogP contribution is -2.50. The molecular formula is C30H35FN4O4. The predicted octanol–water partition coefficient (Wildman–Crippen LogP) is 4.49. The number of nitrogens with zero attached hydrogens (tertiary/aromatic N) is 3. The van der Waals surface area contributed by atoms with Gasteiger partial charge in [-0.15, -0.1) is 0 Å². The second kappa shape index (κ2) is 8.66. The molecule has 39 heavy (non-hydrogen) atoms. The molecular weight excluding hydrogens is 499 g/mol. The molecule has 5 aliphatic rings. The minimum atomic E-state index is -0.608. The SMILES string of the molecule is CC1(C)[C@@H]2CC[C@]1(C(=O)C[C@@H]1CN(c3ccc(N4CCN(c5ccccc5)CC4)c(F)c3)C(=O)O1)[C@]1(C2)NO1. The van der Waals surface area contributed by atoms with Crippen LogP contribution in [0.25, 0.3) is 0 Å². The number of ketones is 1. The number of nitrogens with one attached hydrogen (secondary N) is 1. The van der Waals surface area contributed by atoms with Crippen molar-refractivity contribution < 1.29 is 23.6 Å². The van der Waals surface area contributed by atoms with E-state index in [2.05, 4.69) is 36.4 Å². The monoisotopic (exact) mass is 534 g/mol. The zero-order valence-electron chi connectivity index (χ0n) is 22.5. The number of piperazine rings is 1. The van der Waals surface area contributed by atoms with E-state index in [4.69, 9.17) is 9.57 Å². The van der Waals surface area contributed by atoms with Gasteiger partial charge in [0.25, 0.3) is 0 Å². The van der Waals surface area contributed by atoms with Gasteiger partial charge in [0.15, 0.2) is 5.72 Å². The van der Waals surface area contributed by atoms with Gasteiger partial charge in [-0.2, -0.15) is 5.48 Å². The van der Waals surface area contributed by atoms with Gasteiger partial charge in [-0.05, 0) is 60.9 Å². The Bertz CT molecular complexity index is 1310. The van der Waals surface area contributed by atoms with E-state index >= 15 is 4.39 Å². The molecule has 5 fully saturated rings. The number of ether oxygens (including phenoxy) is 1. The number of benzene rings is 2. The fraction of sp³-hybridized carbons (Fsp3) is 0.533. The fourth-order valence-corrected chi connectivity index (χ4v) is 8.05. The molecule has 0 radical (unpaired) electrons. The number of hydrogen-bond acceptors (Lipinski definition) is 7. The molecule has 2 aromatic rings. The Kier molecular flexibility index (Phi) is 5.52. The maximum atomic E-state index is 15.3. The smallest absolute Gasteiger partial charge is 0.414 e. The highest BCUT2D eigenvalue weighted by molar-refractivity contribution is 5.93. The number of amides is 1. The van der Waals surface area contributed by atoms with Crippen LogP contribution in [0.1, 0.15) is 39.5 Å². The number of hydrogen-bond donors (Lipinski definition) is 1. The zero-order chi connectivity index (χ0) is 27.0. The number of rotatable bonds is 6.